The normalized spacial score (nSPS) is 18.2. The van der Waals surface area contributed by atoms with E-state index in [4.69, 9.17) is 25.7 Å². The first kappa shape index (κ1) is 26.5. The summed E-state index contributed by atoms with van der Waals surface area (Å²) in [7, 11) is 0. The number of oxazole rings is 1. The average Bonchev–Trinajstić information content (AvgIpc) is 3.50. The Morgan fingerprint density at radius 1 is 1.22 bits per heavy atom. The van der Waals surface area contributed by atoms with Crippen LogP contribution in [0.5, 0.6) is 0 Å². The molecule has 8 heteroatoms. The lowest BCUT2D eigenvalue weighted by Gasteiger charge is -2.41. The number of nitrogens with zero attached hydrogens (tertiary/aromatic N) is 3. The van der Waals surface area contributed by atoms with Crippen molar-refractivity contribution in [3.8, 4) is 11.5 Å². The minimum absolute atomic E-state index is 0.336. The second-order valence-corrected chi connectivity index (χ2v) is 11.3. The second-order valence-electron chi connectivity index (χ2n) is 10.9. The third-order valence-corrected chi connectivity index (χ3v) is 7.37. The van der Waals surface area contributed by atoms with Crippen molar-refractivity contribution in [2.24, 2.45) is 0 Å². The Labute approximate surface area is 218 Å². The zero-order valence-corrected chi connectivity index (χ0v) is 22.5. The number of piperidine rings is 1. The molecule has 0 aliphatic carbocycles. The summed E-state index contributed by atoms with van der Waals surface area (Å²) >= 11 is 6.92. The van der Waals surface area contributed by atoms with E-state index in [-0.39, 0.29) is 6.09 Å². The molecule has 2 aromatic rings. The Kier molecular flexibility index (Phi) is 7.93. The quantitative estimate of drug-likeness (QED) is 0.454. The standard InChI is InChI=1S/C28H36ClN3O4/c1-5-20-16-21(25-30-22(19-35-25)18-31-11-6-7-12-31)17-23(29)24(20)28(10-15-33)8-13-32(14-9-28)26(34)36-27(2,3)4/h10,16-17,19H,5-9,11-14,18H2,1-4H3. The van der Waals surface area contributed by atoms with Crippen LogP contribution in [0.15, 0.2) is 28.9 Å². The minimum Gasteiger partial charge on any atom is -0.444 e. The number of allylic oxidation sites excluding steroid dienone is 1. The van der Waals surface area contributed by atoms with Crippen molar-refractivity contribution < 1.29 is 18.7 Å². The molecule has 0 N–H and O–H groups in total. The molecule has 0 unspecified atom stereocenters. The van der Waals surface area contributed by atoms with Crippen LogP contribution in [0.25, 0.3) is 11.5 Å². The van der Waals surface area contributed by atoms with Gasteiger partial charge in [-0.2, -0.15) is 0 Å². The highest BCUT2D eigenvalue weighted by atomic mass is 35.5. The third-order valence-electron chi connectivity index (χ3n) is 7.08. The fourth-order valence-corrected chi connectivity index (χ4v) is 5.73. The van der Waals surface area contributed by atoms with Crippen LogP contribution in [0.4, 0.5) is 4.79 Å². The summed E-state index contributed by atoms with van der Waals surface area (Å²) in [5.74, 6) is 2.57. The van der Waals surface area contributed by atoms with Gasteiger partial charge in [0.2, 0.25) is 5.89 Å². The highest BCUT2D eigenvalue weighted by Crippen LogP contribution is 2.44. The smallest absolute Gasteiger partial charge is 0.410 e. The molecule has 36 heavy (non-hydrogen) atoms. The van der Waals surface area contributed by atoms with Crippen LogP contribution in [-0.2, 0) is 27.9 Å². The van der Waals surface area contributed by atoms with Crippen LogP contribution in [0.3, 0.4) is 0 Å². The Morgan fingerprint density at radius 3 is 2.53 bits per heavy atom. The number of ether oxygens (including phenoxy) is 1. The Morgan fingerprint density at radius 2 is 1.92 bits per heavy atom. The molecule has 1 amide bonds. The fourth-order valence-electron chi connectivity index (χ4n) is 5.30. The lowest BCUT2D eigenvalue weighted by Crippen LogP contribution is -2.46. The summed E-state index contributed by atoms with van der Waals surface area (Å²) in [6, 6.07) is 3.94. The molecule has 194 valence electrons. The number of amides is 1. The Bertz CT molecular complexity index is 1130. The molecule has 2 aliphatic rings. The Balaban J connectivity index is 1.59. The zero-order valence-electron chi connectivity index (χ0n) is 21.7. The molecule has 0 atom stereocenters. The molecule has 2 aliphatic heterocycles. The molecular weight excluding hydrogens is 478 g/mol. The predicted octanol–water partition coefficient (Wildman–Crippen LogP) is 5.81. The molecule has 0 bridgehead atoms. The molecule has 2 saturated heterocycles. The number of carbonyl (C=O) groups is 1. The summed E-state index contributed by atoms with van der Waals surface area (Å²) in [5, 5.41) is 0.570. The van der Waals surface area contributed by atoms with Crippen LogP contribution in [-0.4, -0.2) is 58.6 Å². The highest BCUT2D eigenvalue weighted by molar-refractivity contribution is 6.32. The van der Waals surface area contributed by atoms with E-state index < -0.39 is 11.0 Å². The molecule has 4 rings (SSSR count). The SMILES string of the molecule is CCc1cc(-c2nc(CN3CCCC3)co2)cc(Cl)c1C1(C=C=O)CCN(C(=O)OC(C)(C)C)CC1. The predicted molar refractivity (Wildman–Crippen MR) is 140 cm³/mol. The molecule has 0 radical (unpaired) electrons. The van der Waals surface area contributed by atoms with Crippen LogP contribution in [0.1, 0.15) is 70.2 Å². The zero-order chi connectivity index (χ0) is 25.9. The van der Waals surface area contributed by atoms with E-state index in [1.165, 1.54) is 12.8 Å². The third kappa shape index (κ3) is 5.86. The number of rotatable bonds is 6. The van der Waals surface area contributed by atoms with Crippen LogP contribution >= 0.6 is 11.6 Å². The van der Waals surface area contributed by atoms with Crippen LogP contribution < -0.4 is 0 Å². The van der Waals surface area contributed by atoms with Crippen molar-refractivity contribution in [2.75, 3.05) is 26.2 Å². The number of halogens is 1. The lowest BCUT2D eigenvalue weighted by atomic mass is 9.70. The summed E-state index contributed by atoms with van der Waals surface area (Å²) in [6.07, 6.45) is 7.29. The molecule has 1 aromatic carbocycles. The van der Waals surface area contributed by atoms with Gasteiger partial charge in [0, 0.05) is 41.7 Å². The molecule has 3 heterocycles. The molecule has 7 nitrogen and oxygen atoms in total. The van der Waals surface area contributed by atoms with Crippen molar-refractivity contribution in [2.45, 2.75) is 77.4 Å². The lowest BCUT2D eigenvalue weighted by molar-refractivity contribution is 0.0183. The van der Waals surface area contributed by atoms with E-state index in [0.29, 0.717) is 36.8 Å². The van der Waals surface area contributed by atoms with Crippen LogP contribution in [0, 0.1) is 0 Å². The van der Waals surface area contributed by atoms with Gasteiger partial charge in [-0.25, -0.2) is 14.6 Å². The number of carbonyl (C=O) groups excluding carboxylic acids is 2. The van der Waals surface area contributed by atoms with Gasteiger partial charge in [0.25, 0.3) is 0 Å². The number of benzene rings is 1. The van der Waals surface area contributed by atoms with Gasteiger partial charge < -0.3 is 14.1 Å². The van der Waals surface area contributed by atoms with Gasteiger partial charge in [0.05, 0.1) is 5.69 Å². The summed E-state index contributed by atoms with van der Waals surface area (Å²) in [6.45, 7) is 11.5. The summed E-state index contributed by atoms with van der Waals surface area (Å²) in [4.78, 5) is 33.0. The van der Waals surface area contributed by atoms with Gasteiger partial charge in [-0.1, -0.05) is 18.5 Å². The van der Waals surface area contributed by atoms with Gasteiger partial charge >= 0.3 is 6.09 Å². The van der Waals surface area contributed by atoms with Gasteiger partial charge in [-0.05, 0) is 89.2 Å². The van der Waals surface area contributed by atoms with Crippen LogP contribution in [0.2, 0.25) is 5.02 Å². The van der Waals surface area contributed by atoms with E-state index in [2.05, 4.69) is 17.9 Å². The van der Waals surface area contributed by atoms with E-state index in [1.807, 2.05) is 32.8 Å². The van der Waals surface area contributed by atoms with Crippen molar-refractivity contribution >= 4 is 23.6 Å². The van der Waals surface area contributed by atoms with E-state index in [9.17, 15) is 9.59 Å². The number of aryl methyl sites for hydroxylation is 1. The number of likely N-dealkylation sites (tertiary alicyclic amines) is 2. The van der Waals surface area contributed by atoms with Crippen molar-refractivity contribution in [3.05, 3.63) is 46.3 Å². The maximum atomic E-state index is 12.6. The average molecular weight is 514 g/mol. The Hall–Kier alpha value is -2.60. The van der Waals surface area contributed by atoms with Crippen molar-refractivity contribution in [1.29, 1.82) is 0 Å². The van der Waals surface area contributed by atoms with E-state index in [1.54, 1.807) is 17.2 Å². The number of aromatic nitrogens is 1. The summed E-state index contributed by atoms with van der Waals surface area (Å²) in [5.41, 5.74) is 2.54. The van der Waals surface area contributed by atoms with Gasteiger partial charge in [-0.3, -0.25) is 4.90 Å². The summed E-state index contributed by atoms with van der Waals surface area (Å²) < 4.78 is 11.4. The molecule has 0 saturated carbocycles. The van der Waals surface area contributed by atoms with Crippen molar-refractivity contribution in [1.82, 2.24) is 14.8 Å². The van der Waals surface area contributed by atoms with Gasteiger partial charge in [0.15, 0.2) is 0 Å². The van der Waals surface area contributed by atoms with E-state index >= 15 is 0 Å². The molecular formula is C28H36ClN3O4. The number of hydrogen-bond acceptors (Lipinski definition) is 6. The highest BCUT2D eigenvalue weighted by Gasteiger charge is 2.40. The number of hydrogen-bond donors (Lipinski definition) is 0. The first-order valence-electron chi connectivity index (χ1n) is 12.8. The largest absolute Gasteiger partial charge is 0.444 e. The topological polar surface area (TPSA) is 75.9 Å². The second kappa shape index (κ2) is 10.8. The minimum atomic E-state index is -0.598. The molecule has 0 spiro atoms. The van der Waals surface area contributed by atoms with Gasteiger partial charge in [0.1, 0.15) is 17.8 Å². The van der Waals surface area contributed by atoms with E-state index in [0.717, 1.165) is 48.4 Å². The van der Waals surface area contributed by atoms with Crippen molar-refractivity contribution in [3.63, 3.8) is 0 Å². The maximum Gasteiger partial charge on any atom is 0.410 e. The monoisotopic (exact) mass is 513 g/mol. The molecule has 1 aromatic heterocycles. The first-order valence-corrected chi connectivity index (χ1v) is 13.2. The first-order chi connectivity index (χ1) is 17.1. The molecule has 2 fully saturated rings. The maximum absolute atomic E-state index is 12.6. The van der Waals surface area contributed by atoms with Gasteiger partial charge in [-0.15, -0.1) is 0 Å². The fraction of sp³-hybridized carbons (Fsp3) is 0.571.